The zero-order valence-electron chi connectivity index (χ0n) is 8.58. The molecule has 0 aliphatic carbocycles. The van der Waals surface area contributed by atoms with E-state index in [0.717, 1.165) is 0 Å². The van der Waals surface area contributed by atoms with Gasteiger partial charge in [-0.15, -0.1) is 0 Å². The number of nitrogens with two attached hydrogens (primary N) is 1. The summed E-state index contributed by atoms with van der Waals surface area (Å²) in [6.07, 6.45) is 0. The lowest BCUT2D eigenvalue weighted by molar-refractivity contribution is 0.482. The fraction of sp³-hybridized carbons (Fsp3) is 0. The van der Waals surface area contributed by atoms with Crippen LogP contribution in [-0.4, -0.2) is 0 Å². The van der Waals surface area contributed by atoms with Gasteiger partial charge in [-0.1, -0.05) is 11.6 Å². The number of benzene rings is 2. The molecule has 0 bridgehead atoms. The van der Waals surface area contributed by atoms with Crippen molar-refractivity contribution < 1.29 is 9.13 Å². The van der Waals surface area contributed by atoms with E-state index in [-0.39, 0.29) is 5.82 Å². The Kier molecular flexibility index (Phi) is 3.54. The largest absolute Gasteiger partial charge is 0.455 e. The number of rotatable bonds is 2. The first-order valence-corrected chi connectivity index (χ1v) is 5.91. The first-order valence-electron chi connectivity index (χ1n) is 4.74. The summed E-state index contributed by atoms with van der Waals surface area (Å²) in [7, 11) is 0. The number of hydrogen-bond acceptors (Lipinski definition) is 2. The van der Waals surface area contributed by atoms with Crippen LogP contribution in [0.1, 0.15) is 0 Å². The number of anilines is 1. The van der Waals surface area contributed by atoms with Crippen molar-refractivity contribution in [3.8, 4) is 11.5 Å². The molecule has 0 amide bonds. The minimum absolute atomic E-state index is 0.329. The van der Waals surface area contributed by atoms with Gasteiger partial charge in [-0.3, -0.25) is 0 Å². The van der Waals surface area contributed by atoms with E-state index in [1.54, 1.807) is 18.2 Å². The minimum Gasteiger partial charge on any atom is -0.455 e. The molecule has 0 aromatic heterocycles. The van der Waals surface area contributed by atoms with Crippen molar-refractivity contribution in [2.45, 2.75) is 0 Å². The molecule has 0 saturated carbocycles. The Morgan fingerprint density at radius 2 is 1.94 bits per heavy atom. The second kappa shape index (κ2) is 4.94. The van der Waals surface area contributed by atoms with Crippen LogP contribution in [0.4, 0.5) is 10.1 Å². The molecule has 0 atom stereocenters. The normalized spacial score (nSPS) is 10.3. The van der Waals surface area contributed by atoms with Crippen LogP contribution in [0.5, 0.6) is 11.5 Å². The molecule has 2 aromatic rings. The lowest BCUT2D eigenvalue weighted by Gasteiger charge is -2.09. The van der Waals surface area contributed by atoms with Gasteiger partial charge in [0.2, 0.25) is 0 Å². The van der Waals surface area contributed by atoms with Gasteiger partial charge in [0.1, 0.15) is 11.6 Å². The van der Waals surface area contributed by atoms with Crippen molar-refractivity contribution in [3.05, 3.63) is 51.7 Å². The molecule has 0 spiro atoms. The number of hydrogen-bond donors (Lipinski definition) is 1. The first-order chi connectivity index (χ1) is 8.06. The van der Waals surface area contributed by atoms with Crippen LogP contribution in [0, 0.1) is 5.82 Å². The molecule has 0 fully saturated rings. The van der Waals surface area contributed by atoms with E-state index in [1.165, 1.54) is 18.2 Å². The van der Waals surface area contributed by atoms with Crippen LogP contribution in [0.2, 0.25) is 5.02 Å². The third kappa shape index (κ3) is 2.90. The van der Waals surface area contributed by atoms with Crippen molar-refractivity contribution in [3.63, 3.8) is 0 Å². The molecule has 0 saturated heterocycles. The lowest BCUT2D eigenvalue weighted by Crippen LogP contribution is -1.92. The van der Waals surface area contributed by atoms with Crippen molar-refractivity contribution in [2.24, 2.45) is 0 Å². The average Bonchev–Trinajstić information content (AvgIpc) is 2.29. The molecule has 2 N–H and O–H groups in total. The highest BCUT2D eigenvalue weighted by Crippen LogP contribution is 2.31. The Bertz CT molecular complexity index is 562. The second-order valence-corrected chi connectivity index (χ2v) is 4.65. The van der Waals surface area contributed by atoms with Gasteiger partial charge in [0.05, 0.1) is 10.2 Å². The van der Waals surface area contributed by atoms with Gasteiger partial charge in [0, 0.05) is 11.1 Å². The standard InChI is InChI=1S/C12H8BrClFNO/c13-9-6-8(2-3-10(9)15)17-12-5-7(14)1-4-11(12)16/h1-6H,16H2. The average molecular weight is 317 g/mol. The van der Waals surface area contributed by atoms with Crippen molar-refractivity contribution >= 4 is 33.2 Å². The van der Waals surface area contributed by atoms with E-state index in [4.69, 9.17) is 22.1 Å². The molecular weight excluding hydrogens is 308 g/mol. The predicted molar refractivity (Wildman–Crippen MR) is 70.0 cm³/mol. The smallest absolute Gasteiger partial charge is 0.151 e. The Morgan fingerprint density at radius 1 is 1.18 bits per heavy atom. The maximum atomic E-state index is 13.0. The van der Waals surface area contributed by atoms with Crippen LogP contribution in [0.25, 0.3) is 0 Å². The van der Waals surface area contributed by atoms with Crippen LogP contribution in [0.3, 0.4) is 0 Å². The van der Waals surface area contributed by atoms with Gasteiger partial charge in [-0.25, -0.2) is 4.39 Å². The van der Waals surface area contributed by atoms with E-state index in [9.17, 15) is 4.39 Å². The summed E-state index contributed by atoms with van der Waals surface area (Å²) in [6, 6.07) is 9.27. The summed E-state index contributed by atoms with van der Waals surface area (Å²) in [5, 5.41) is 0.523. The zero-order valence-corrected chi connectivity index (χ0v) is 10.9. The van der Waals surface area contributed by atoms with Crippen LogP contribution in [0.15, 0.2) is 40.9 Å². The first kappa shape index (κ1) is 12.2. The van der Waals surface area contributed by atoms with Crippen LogP contribution in [-0.2, 0) is 0 Å². The molecule has 17 heavy (non-hydrogen) atoms. The summed E-state index contributed by atoms with van der Waals surface area (Å²) in [5.74, 6) is 0.569. The number of ether oxygens (including phenoxy) is 1. The summed E-state index contributed by atoms with van der Waals surface area (Å²) >= 11 is 8.91. The minimum atomic E-state index is -0.351. The highest BCUT2D eigenvalue weighted by molar-refractivity contribution is 9.10. The Balaban J connectivity index is 2.31. The molecule has 0 heterocycles. The highest BCUT2D eigenvalue weighted by Gasteiger charge is 2.05. The molecule has 2 aromatic carbocycles. The Morgan fingerprint density at radius 3 is 2.65 bits per heavy atom. The van der Waals surface area contributed by atoms with Gasteiger partial charge in [0.25, 0.3) is 0 Å². The van der Waals surface area contributed by atoms with Gasteiger partial charge in [0.15, 0.2) is 5.75 Å². The van der Waals surface area contributed by atoms with E-state index in [0.29, 0.717) is 26.7 Å². The molecule has 0 radical (unpaired) electrons. The maximum Gasteiger partial charge on any atom is 0.151 e. The molecule has 2 nitrogen and oxygen atoms in total. The van der Waals surface area contributed by atoms with Gasteiger partial charge in [-0.05, 0) is 46.3 Å². The number of nitrogen functional groups attached to an aromatic ring is 1. The summed E-state index contributed by atoms with van der Waals surface area (Å²) in [5.41, 5.74) is 6.20. The molecule has 5 heteroatoms. The molecular formula is C12H8BrClFNO. The summed E-state index contributed by atoms with van der Waals surface area (Å²) in [4.78, 5) is 0. The Hall–Kier alpha value is -1.26. The van der Waals surface area contributed by atoms with Gasteiger partial charge >= 0.3 is 0 Å². The molecule has 0 aliphatic heterocycles. The molecule has 88 valence electrons. The SMILES string of the molecule is Nc1ccc(Cl)cc1Oc1ccc(F)c(Br)c1. The van der Waals surface area contributed by atoms with Gasteiger partial charge < -0.3 is 10.5 Å². The fourth-order valence-electron chi connectivity index (χ4n) is 1.26. The molecule has 0 unspecified atom stereocenters. The highest BCUT2D eigenvalue weighted by atomic mass is 79.9. The second-order valence-electron chi connectivity index (χ2n) is 3.36. The molecule has 2 rings (SSSR count). The monoisotopic (exact) mass is 315 g/mol. The van der Waals surface area contributed by atoms with E-state index < -0.39 is 0 Å². The topological polar surface area (TPSA) is 35.2 Å². The Labute approximate surface area is 111 Å². The molecule has 0 aliphatic rings. The van der Waals surface area contributed by atoms with Crippen molar-refractivity contribution in [1.82, 2.24) is 0 Å². The number of halogens is 3. The van der Waals surface area contributed by atoms with Crippen molar-refractivity contribution in [2.75, 3.05) is 5.73 Å². The van der Waals surface area contributed by atoms with Crippen LogP contribution < -0.4 is 10.5 Å². The summed E-state index contributed by atoms with van der Waals surface area (Å²) < 4.78 is 18.9. The predicted octanol–water partition coefficient (Wildman–Crippen LogP) is 4.62. The zero-order chi connectivity index (χ0) is 12.4. The van der Waals surface area contributed by atoms with Crippen molar-refractivity contribution in [1.29, 1.82) is 0 Å². The fourth-order valence-corrected chi connectivity index (χ4v) is 1.78. The summed E-state index contributed by atoms with van der Waals surface area (Å²) in [6.45, 7) is 0. The lowest BCUT2D eigenvalue weighted by atomic mass is 10.3. The third-order valence-corrected chi connectivity index (χ3v) is 2.94. The van der Waals surface area contributed by atoms with Gasteiger partial charge in [-0.2, -0.15) is 0 Å². The quantitative estimate of drug-likeness (QED) is 0.821. The maximum absolute atomic E-state index is 13.0. The third-order valence-electron chi connectivity index (χ3n) is 2.09. The van der Waals surface area contributed by atoms with E-state index >= 15 is 0 Å². The van der Waals surface area contributed by atoms with Crippen LogP contribution >= 0.6 is 27.5 Å². The van der Waals surface area contributed by atoms with E-state index in [1.807, 2.05) is 0 Å². The van der Waals surface area contributed by atoms with E-state index in [2.05, 4.69) is 15.9 Å².